The zero-order chi connectivity index (χ0) is 13.1. The van der Waals surface area contributed by atoms with E-state index in [1.54, 1.807) is 19.9 Å². The van der Waals surface area contributed by atoms with Crippen molar-refractivity contribution in [2.75, 3.05) is 20.1 Å². The third kappa shape index (κ3) is 4.61. The zero-order valence-corrected chi connectivity index (χ0v) is 12.7. The summed E-state index contributed by atoms with van der Waals surface area (Å²) in [5.74, 6) is 1.27. The molecule has 0 bridgehead atoms. The lowest BCUT2D eigenvalue weighted by Gasteiger charge is -2.11. The molecule has 0 aliphatic carbocycles. The Morgan fingerprint density at radius 1 is 1.33 bits per heavy atom. The molecule has 7 heteroatoms. The van der Waals surface area contributed by atoms with Crippen molar-refractivity contribution in [2.45, 2.75) is 25.7 Å². The van der Waals surface area contributed by atoms with E-state index in [9.17, 15) is 8.42 Å². The Bertz CT molecular complexity index is 471. The van der Waals surface area contributed by atoms with Crippen LogP contribution in [0.3, 0.4) is 0 Å². The Kier molecular flexibility index (Phi) is 6.91. The average molecular weight is 297 g/mol. The summed E-state index contributed by atoms with van der Waals surface area (Å²) in [6.07, 6.45) is 0. The Morgan fingerprint density at radius 2 is 1.94 bits per heavy atom. The fourth-order valence-corrected chi connectivity index (χ4v) is 3.03. The molecule has 1 unspecified atom stereocenters. The van der Waals surface area contributed by atoms with Crippen LogP contribution in [0.4, 0.5) is 0 Å². The SMILES string of the molecule is CNCC(C)CNS(=O)(=O)c1cc(C)oc1C.Cl. The molecule has 18 heavy (non-hydrogen) atoms. The first-order valence-corrected chi connectivity index (χ1v) is 7.06. The van der Waals surface area contributed by atoms with E-state index in [0.29, 0.717) is 18.1 Å². The maximum atomic E-state index is 12.0. The summed E-state index contributed by atoms with van der Waals surface area (Å²) < 4.78 is 31.8. The van der Waals surface area contributed by atoms with E-state index < -0.39 is 10.0 Å². The zero-order valence-electron chi connectivity index (χ0n) is 11.1. The van der Waals surface area contributed by atoms with Crippen molar-refractivity contribution in [3.63, 3.8) is 0 Å². The molecule has 1 aromatic heterocycles. The highest BCUT2D eigenvalue weighted by Gasteiger charge is 2.20. The Morgan fingerprint density at radius 3 is 2.39 bits per heavy atom. The van der Waals surface area contributed by atoms with E-state index in [-0.39, 0.29) is 23.2 Å². The summed E-state index contributed by atoms with van der Waals surface area (Å²) in [5.41, 5.74) is 0. The van der Waals surface area contributed by atoms with Crippen LogP contribution in [0.1, 0.15) is 18.4 Å². The maximum absolute atomic E-state index is 12.0. The van der Waals surface area contributed by atoms with Crippen molar-refractivity contribution in [3.05, 3.63) is 17.6 Å². The van der Waals surface area contributed by atoms with Crippen molar-refractivity contribution >= 4 is 22.4 Å². The van der Waals surface area contributed by atoms with Crippen LogP contribution in [-0.2, 0) is 10.0 Å². The summed E-state index contributed by atoms with van der Waals surface area (Å²) in [5, 5.41) is 3.01. The lowest BCUT2D eigenvalue weighted by atomic mass is 10.2. The summed E-state index contributed by atoms with van der Waals surface area (Å²) in [6.45, 7) is 6.54. The van der Waals surface area contributed by atoms with Gasteiger partial charge in [-0.25, -0.2) is 13.1 Å². The van der Waals surface area contributed by atoms with Crippen LogP contribution in [-0.4, -0.2) is 28.6 Å². The van der Waals surface area contributed by atoms with Gasteiger partial charge in [-0.15, -0.1) is 12.4 Å². The van der Waals surface area contributed by atoms with E-state index in [2.05, 4.69) is 10.0 Å². The van der Waals surface area contributed by atoms with E-state index in [1.165, 1.54) is 0 Å². The molecule has 1 heterocycles. The van der Waals surface area contributed by atoms with Gasteiger partial charge in [-0.05, 0) is 39.4 Å². The normalized spacial score (nSPS) is 13.1. The van der Waals surface area contributed by atoms with Gasteiger partial charge in [0.15, 0.2) is 0 Å². The summed E-state index contributed by atoms with van der Waals surface area (Å²) in [7, 11) is -1.61. The van der Waals surface area contributed by atoms with Crippen molar-refractivity contribution in [1.29, 1.82) is 0 Å². The molecule has 1 atom stereocenters. The van der Waals surface area contributed by atoms with Crippen molar-refractivity contribution in [3.8, 4) is 0 Å². The number of rotatable bonds is 6. The highest BCUT2D eigenvalue weighted by Crippen LogP contribution is 2.19. The van der Waals surface area contributed by atoms with Gasteiger partial charge in [-0.2, -0.15) is 0 Å². The van der Waals surface area contributed by atoms with Crippen molar-refractivity contribution < 1.29 is 12.8 Å². The summed E-state index contributed by atoms with van der Waals surface area (Å²) in [4.78, 5) is 0.228. The van der Waals surface area contributed by atoms with Crippen LogP contribution < -0.4 is 10.0 Å². The third-order valence-electron chi connectivity index (χ3n) is 2.46. The molecule has 1 rings (SSSR count). The van der Waals surface area contributed by atoms with Gasteiger partial charge in [0.1, 0.15) is 16.4 Å². The number of sulfonamides is 1. The van der Waals surface area contributed by atoms with Gasteiger partial charge in [0.05, 0.1) is 0 Å². The van der Waals surface area contributed by atoms with Gasteiger partial charge in [0, 0.05) is 6.54 Å². The molecule has 0 amide bonds. The molecule has 0 aliphatic rings. The Balaban J connectivity index is 0.00000289. The number of halogens is 1. The largest absolute Gasteiger partial charge is 0.465 e. The first-order chi connectivity index (χ1) is 7.86. The maximum Gasteiger partial charge on any atom is 0.244 e. The summed E-state index contributed by atoms with van der Waals surface area (Å²) in [6, 6.07) is 1.54. The topological polar surface area (TPSA) is 71.3 Å². The average Bonchev–Trinajstić information content (AvgIpc) is 2.56. The minimum absolute atomic E-state index is 0. The van der Waals surface area contributed by atoms with E-state index in [1.807, 2.05) is 14.0 Å². The minimum Gasteiger partial charge on any atom is -0.465 e. The van der Waals surface area contributed by atoms with E-state index in [4.69, 9.17) is 4.42 Å². The van der Waals surface area contributed by atoms with Crippen LogP contribution in [0.25, 0.3) is 0 Å². The molecule has 1 aromatic rings. The molecule has 0 saturated heterocycles. The van der Waals surface area contributed by atoms with Gasteiger partial charge in [-0.3, -0.25) is 0 Å². The lowest BCUT2D eigenvalue weighted by molar-refractivity contribution is 0.493. The summed E-state index contributed by atoms with van der Waals surface area (Å²) >= 11 is 0. The number of hydrogen-bond acceptors (Lipinski definition) is 4. The number of furan rings is 1. The molecule has 0 aromatic carbocycles. The molecular formula is C11H21ClN2O3S. The molecular weight excluding hydrogens is 276 g/mol. The first kappa shape index (κ1) is 17.4. The van der Waals surface area contributed by atoms with Crippen molar-refractivity contribution in [1.82, 2.24) is 10.0 Å². The minimum atomic E-state index is -3.46. The monoisotopic (exact) mass is 296 g/mol. The molecule has 0 fully saturated rings. The predicted molar refractivity (Wildman–Crippen MR) is 73.7 cm³/mol. The van der Waals surface area contributed by atoms with E-state index in [0.717, 1.165) is 6.54 Å². The molecule has 106 valence electrons. The number of aryl methyl sites for hydroxylation is 2. The lowest BCUT2D eigenvalue weighted by Crippen LogP contribution is -2.32. The van der Waals surface area contributed by atoms with Crippen LogP contribution in [0.15, 0.2) is 15.4 Å². The molecule has 2 N–H and O–H groups in total. The quantitative estimate of drug-likeness (QED) is 0.833. The van der Waals surface area contributed by atoms with E-state index >= 15 is 0 Å². The van der Waals surface area contributed by atoms with Crippen LogP contribution in [0, 0.1) is 19.8 Å². The van der Waals surface area contributed by atoms with Crippen LogP contribution in [0.2, 0.25) is 0 Å². The Labute approximate surface area is 115 Å². The third-order valence-corrected chi connectivity index (χ3v) is 3.99. The fourth-order valence-electron chi connectivity index (χ4n) is 1.62. The number of nitrogens with one attached hydrogen (secondary N) is 2. The highest BCUT2D eigenvalue weighted by molar-refractivity contribution is 7.89. The Hall–Kier alpha value is -0.560. The second-order valence-electron chi connectivity index (χ2n) is 4.29. The molecule has 0 aliphatic heterocycles. The van der Waals surface area contributed by atoms with Gasteiger partial charge in [0.2, 0.25) is 10.0 Å². The smallest absolute Gasteiger partial charge is 0.244 e. The standard InChI is InChI=1S/C11H20N2O3S.ClH/c1-8(6-12-4)7-13-17(14,15)11-5-9(2)16-10(11)3;/h5,8,12-13H,6-7H2,1-4H3;1H. The molecule has 0 saturated carbocycles. The molecule has 0 spiro atoms. The second kappa shape index (κ2) is 7.13. The molecule has 5 nitrogen and oxygen atoms in total. The van der Waals surface area contributed by atoms with Crippen molar-refractivity contribution in [2.24, 2.45) is 5.92 Å². The van der Waals surface area contributed by atoms with Gasteiger partial charge < -0.3 is 9.73 Å². The van der Waals surface area contributed by atoms with Gasteiger partial charge in [0.25, 0.3) is 0 Å². The highest BCUT2D eigenvalue weighted by atomic mass is 35.5. The van der Waals surface area contributed by atoms with Crippen LogP contribution >= 0.6 is 12.4 Å². The van der Waals surface area contributed by atoms with Crippen LogP contribution in [0.5, 0.6) is 0 Å². The second-order valence-corrected chi connectivity index (χ2v) is 6.03. The first-order valence-electron chi connectivity index (χ1n) is 5.58. The van der Waals surface area contributed by atoms with Gasteiger partial charge in [-0.1, -0.05) is 6.92 Å². The van der Waals surface area contributed by atoms with Gasteiger partial charge >= 0.3 is 0 Å². The fraction of sp³-hybridized carbons (Fsp3) is 0.636. The predicted octanol–water partition coefficient (Wildman–Crippen LogP) is 1.45. The number of hydrogen-bond donors (Lipinski definition) is 2. The molecule has 0 radical (unpaired) electrons.